The first-order valence-electron chi connectivity index (χ1n) is 11.0. The van der Waals surface area contributed by atoms with Crippen LogP contribution in [0.25, 0.3) is 0 Å². The van der Waals surface area contributed by atoms with Gasteiger partial charge < -0.3 is 18.9 Å². The lowest BCUT2D eigenvalue weighted by Gasteiger charge is -2.25. The van der Waals surface area contributed by atoms with Gasteiger partial charge >= 0.3 is 0 Å². The molecule has 0 spiro atoms. The standard InChI is InChI=1S/C21H32ClN5O6S/c1-13-6-9-18(33-13)20-24-25-21(27(20)16(11-30-3)12-31-4)26-34(28,29)14(2)19(32-5)17-8-7-15(22)10-23-17/h7-8,10,13-14,16,18-19H,6,9,11-12H2,1-5H3,(H,25,26)/t13-,14?,18-,19?/m1/s1. The molecule has 1 saturated heterocycles. The summed E-state index contributed by atoms with van der Waals surface area (Å²) in [6, 6.07) is 2.90. The second-order valence-corrected chi connectivity index (χ2v) is 10.7. The van der Waals surface area contributed by atoms with Crippen molar-refractivity contribution in [2.45, 2.75) is 56.3 Å². The van der Waals surface area contributed by atoms with Crippen LogP contribution in [0.5, 0.6) is 0 Å². The summed E-state index contributed by atoms with van der Waals surface area (Å²) in [7, 11) is 0.575. The van der Waals surface area contributed by atoms with Gasteiger partial charge in [0.1, 0.15) is 17.5 Å². The number of anilines is 1. The fourth-order valence-electron chi connectivity index (χ4n) is 4.02. The molecule has 2 aromatic heterocycles. The van der Waals surface area contributed by atoms with Crippen LogP contribution in [-0.4, -0.2) is 74.1 Å². The van der Waals surface area contributed by atoms with Crippen molar-refractivity contribution in [1.82, 2.24) is 19.7 Å². The molecular formula is C21H32ClN5O6S. The third-order valence-corrected chi connectivity index (χ3v) is 7.69. The fourth-order valence-corrected chi connectivity index (χ4v) is 5.29. The van der Waals surface area contributed by atoms with Crippen molar-refractivity contribution in [3.63, 3.8) is 0 Å². The Hall–Kier alpha value is -1.83. The maximum Gasteiger partial charge on any atom is 0.240 e. The summed E-state index contributed by atoms with van der Waals surface area (Å²) in [6.07, 6.45) is 2.01. The molecule has 3 rings (SSSR count). The summed E-state index contributed by atoms with van der Waals surface area (Å²) in [5, 5.41) is 7.89. The zero-order valence-corrected chi connectivity index (χ0v) is 21.5. The largest absolute Gasteiger partial charge is 0.382 e. The molecule has 0 saturated carbocycles. The minimum atomic E-state index is -3.98. The number of pyridine rings is 1. The van der Waals surface area contributed by atoms with E-state index in [0.717, 1.165) is 12.8 Å². The number of halogens is 1. The van der Waals surface area contributed by atoms with Gasteiger partial charge in [-0.15, -0.1) is 10.2 Å². The smallest absolute Gasteiger partial charge is 0.240 e. The minimum absolute atomic E-state index is 0.0584. The highest BCUT2D eigenvalue weighted by Gasteiger charge is 2.36. The Balaban J connectivity index is 1.94. The number of methoxy groups -OCH3 is 3. The summed E-state index contributed by atoms with van der Waals surface area (Å²) in [5.74, 6) is 0.583. The number of aromatic nitrogens is 4. The van der Waals surface area contributed by atoms with Crippen LogP contribution in [0.15, 0.2) is 18.3 Å². The third kappa shape index (κ3) is 6.04. The Kier molecular flexibility index (Phi) is 9.24. The number of nitrogens with zero attached hydrogens (tertiary/aromatic N) is 4. The molecule has 0 aliphatic carbocycles. The van der Waals surface area contributed by atoms with Crippen LogP contribution >= 0.6 is 11.6 Å². The predicted molar refractivity (Wildman–Crippen MR) is 126 cm³/mol. The normalized spacial score (nSPS) is 20.6. The van der Waals surface area contributed by atoms with Crippen molar-refractivity contribution in [2.75, 3.05) is 39.3 Å². The highest BCUT2D eigenvalue weighted by molar-refractivity contribution is 7.93. The van der Waals surface area contributed by atoms with Crippen LogP contribution in [0.2, 0.25) is 5.02 Å². The van der Waals surface area contributed by atoms with Gasteiger partial charge in [0.2, 0.25) is 16.0 Å². The second kappa shape index (κ2) is 11.7. The lowest BCUT2D eigenvalue weighted by molar-refractivity contribution is 0.0406. The first-order chi connectivity index (χ1) is 16.2. The molecule has 0 aromatic carbocycles. The van der Waals surface area contributed by atoms with Crippen LogP contribution in [0.3, 0.4) is 0 Å². The van der Waals surface area contributed by atoms with Crippen molar-refractivity contribution < 1.29 is 27.4 Å². The number of nitrogens with one attached hydrogen (secondary N) is 1. The van der Waals surface area contributed by atoms with Crippen molar-refractivity contribution in [1.29, 1.82) is 0 Å². The van der Waals surface area contributed by atoms with E-state index < -0.39 is 21.4 Å². The van der Waals surface area contributed by atoms with Crippen LogP contribution in [0, 0.1) is 0 Å². The average molecular weight is 518 g/mol. The number of hydrogen-bond acceptors (Lipinski definition) is 9. The van der Waals surface area contributed by atoms with Gasteiger partial charge in [-0.3, -0.25) is 14.3 Å². The van der Waals surface area contributed by atoms with E-state index in [1.54, 1.807) is 30.9 Å². The van der Waals surface area contributed by atoms with Crippen LogP contribution < -0.4 is 4.72 Å². The van der Waals surface area contributed by atoms with Gasteiger partial charge in [-0.1, -0.05) is 11.6 Å². The first-order valence-corrected chi connectivity index (χ1v) is 12.9. The van der Waals surface area contributed by atoms with E-state index in [2.05, 4.69) is 19.9 Å². The zero-order valence-electron chi connectivity index (χ0n) is 20.0. The van der Waals surface area contributed by atoms with Gasteiger partial charge in [0.15, 0.2) is 5.82 Å². The molecule has 11 nitrogen and oxygen atoms in total. The Labute approximate surface area is 205 Å². The SMILES string of the molecule is COCC(COC)n1c(NS(=O)(=O)C(C)C(OC)c2ccc(Cl)cn2)nnc1[C@H]1CC[C@@H](C)O1. The number of ether oxygens (including phenoxy) is 4. The summed E-state index contributed by atoms with van der Waals surface area (Å²) in [6.45, 7) is 4.06. The van der Waals surface area contributed by atoms with E-state index in [1.807, 2.05) is 6.92 Å². The quantitative estimate of drug-likeness (QED) is 0.452. The zero-order chi connectivity index (χ0) is 24.9. The molecule has 1 N–H and O–H groups in total. The highest BCUT2D eigenvalue weighted by atomic mass is 35.5. The molecule has 2 aromatic rings. The molecule has 0 radical (unpaired) electrons. The van der Waals surface area contributed by atoms with Gasteiger partial charge in [0.25, 0.3) is 0 Å². The molecule has 0 bridgehead atoms. The van der Waals surface area contributed by atoms with Gasteiger partial charge in [0.05, 0.1) is 36.1 Å². The van der Waals surface area contributed by atoms with E-state index >= 15 is 0 Å². The van der Waals surface area contributed by atoms with Crippen molar-refractivity contribution in [3.8, 4) is 0 Å². The highest BCUT2D eigenvalue weighted by Crippen LogP contribution is 2.35. The summed E-state index contributed by atoms with van der Waals surface area (Å²) in [4.78, 5) is 4.22. The number of rotatable bonds is 12. The predicted octanol–water partition coefficient (Wildman–Crippen LogP) is 2.92. The Morgan fingerprint density at radius 3 is 2.44 bits per heavy atom. The van der Waals surface area contributed by atoms with Crippen LogP contribution in [-0.2, 0) is 29.0 Å². The lowest BCUT2D eigenvalue weighted by Crippen LogP contribution is -2.34. The molecule has 13 heteroatoms. The first kappa shape index (κ1) is 26.8. The summed E-state index contributed by atoms with van der Waals surface area (Å²) >= 11 is 5.92. The molecule has 3 heterocycles. The van der Waals surface area contributed by atoms with E-state index in [-0.39, 0.29) is 37.4 Å². The van der Waals surface area contributed by atoms with Crippen LogP contribution in [0.4, 0.5) is 5.95 Å². The molecule has 4 atom stereocenters. The van der Waals surface area contributed by atoms with E-state index in [1.165, 1.54) is 20.2 Å². The average Bonchev–Trinajstić information content (AvgIpc) is 3.41. The van der Waals surface area contributed by atoms with Crippen molar-refractivity contribution >= 4 is 27.6 Å². The summed E-state index contributed by atoms with van der Waals surface area (Å²) in [5.41, 5.74) is 0.442. The van der Waals surface area contributed by atoms with Crippen LogP contribution in [0.1, 0.15) is 56.5 Å². The van der Waals surface area contributed by atoms with Gasteiger partial charge in [0, 0.05) is 27.5 Å². The molecule has 1 aliphatic rings. The second-order valence-electron chi connectivity index (χ2n) is 8.24. The van der Waals surface area contributed by atoms with E-state index in [9.17, 15) is 8.42 Å². The van der Waals surface area contributed by atoms with Gasteiger partial charge in [-0.25, -0.2) is 8.42 Å². The summed E-state index contributed by atoms with van der Waals surface area (Å²) < 4.78 is 53.3. The maximum atomic E-state index is 13.4. The van der Waals surface area contributed by atoms with E-state index in [4.69, 9.17) is 30.5 Å². The molecule has 34 heavy (non-hydrogen) atoms. The third-order valence-electron chi connectivity index (χ3n) is 5.77. The molecule has 1 aliphatic heterocycles. The minimum Gasteiger partial charge on any atom is -0.382 e. The molecule has 190 valence electrons. The van der Waals surface area contributed by atoms with Gasteiger partial charge in [-0.2, -0.15) is 0 Å². The Morgan fingerprint density at radius 1 is 1.21 bits per heavy atom. The number of sulfonamides is 1. The Bertz CT molecular complexity index is 1030. The lowest BCUT2D eigenvalue weighted by atomic mass is 10.2. The molecular weight excluding hydrogens is 486 g/mol. The van der Waals surface area contributed by atoms with Gasteiger partial charge in [-0.05, 0) is 38.8 Å². The van der Waals surface area contributed by atoms with Crippen molar-refractivity contribution in [2.24, 2.45) is 0 Å². The van der Waals surface area contributed by atoms with E-state index in [0.29, 0.717) is 16.5 Å². The number of hydrogen-bond donors (Lipinski definition) is 1. The molecule has 2 unspecified atom stereocenters. The van der Waals surface area contributed by atoms with Crippen molar-refractivity contribution in [3.05, 3.63) is 34.9 Å². The molecule has 1 fully saturated rings. The Morgan fingerprint density at radius 2 is 1.91 bits per heavy atom. The molecule has 0 amide bonds. The maximum absolute atomic E-state index is 13.4. The fraction of sp³-hybridized carbons (Fsp3) is 0.667. The topological polar surface area (TPSA) is 127 Å². The monoisotopic (exact) mass is 517 g/mol.